The van der Waals surface area contributed by atoms with E-state index < -0.39 is 0 Å². The van der Waals surface area contributed by atoms with Crippen molar-refractivity contribution in [2.45, 2.75) is 6.61 Å². The number of methoxy groups -OCH3 is 1. The SMILES string of the molecule is COCc1c(C(=O)N2CCN(CCI)CC2)cnn1-c1nccc(-c2cccs2)n1. The van der Waals surface area contributed by atoms with E-state index in [0.29, 0.717) is 17.2 Å². The number of nitrogens with zero attached hydrogens (tertiary/aromatic N) is 6. The summed E-state index contributed by atoms with van der Waals surface area (Å²) in [5.74, 6) is 0.413. The van der Waals surface area contributed by atoms with Crippen molar-refractivity contribution in [1.82, 2.24) is 29.5 Å². The maximum atomic E-state index is 13.2. The molecule has 0 unspecified atom stereocenters. The average molecular weight is 538 g/mol. The van der Waals surface area contributed by atoms with Gasteiger partial charge in [0.25, 0.3) is 11.9 Å². The van der Waals surface area contributed by atoms with Crippen LogP contribution in [0.15, 0.2) is 36.0 Å². The van der Waals surface area contributed by atoms with Crippen LogP contribution in [0.3, 0.4) is 0 Å². The molecule has 1 aliphatic rings. The van der Waals surface area contributed by atoms with Gasteiger partial charge in [-0.05, 0) is 17.5 Å². The lowest BCUT2D eigenvalue weighted by molar-refractivity contribution is 0.0640. The summed E-state index contributed by atoms with van der Waals surface area (Å²) < 4.78 is 8.09. The highest BCUT2D eigenvalue weighted by atomic mass is 127. The minimum absolute atomic E-state index is 0.0168. The van der Waals surface area contributed by atoms with Gasteiger partial charge in [-0.3, -0.25) is 9.69 Å². The number of piperazine rings is 1. The number of rotatable bonds is 7. The number of carbonyl (C=O) groups excluding carboxylic acids is 1. The van der Waals surface area contributed by atoms with Crippen molar-refractivity contribution in [1.29, 1.82) is 0 Å². The Morgan fingerprint density at radius 3 is 2.80 bits per heavy atom. The number of aromatic nitrogens is 4. The zero-order valence-electron chi connectivity index (χ0n) is 16.7. The number of halogens is 1. The lowest BCUT2D eigenvalue weighted by Crippen LogP contribution is -2.49. The van der Waals surface area contributed by atoms with Crippen LogP contribution in [-0.2, 0) is 11.3 Å². The Labute approximate surface area is 193 Å². The summed E-state index contributed by atoms with van der Waals surface area (Å²) >= 11 is 4.00. The molecule has 0 atom stereocenters. The van der Waals surface area contributed by atoms with Gasteiger partial charge in [0.2, 0.25) is 0 Å². The van der Waals surface area contributed by atoms with E-state index in [0.717, 1.165) is 47.7 Å². The molecule has 1 amide bonds. The summed E-state index contributed by atoms with van der Waals surface area (Å²) in [5, 5.41) is 6.46. The second-order valence-electron chi connectivity index (χ2n) is 6.89. The fourth-order valence-electron chi connectivity index (χ4n) is 3.48. The molecule has 4 rings (SSSR count). The van der Waals surface area contributed by atoms with E-state index in [4.69, 9.17) is 4.74 Å². The van der Waals surface area contributed by atoms with Gasteiger partial charge in [0.05, 0.1) is 34.6 Å². The van der Waals surface area contributed by atoms with Gasteiger partial charge in [-0.2, -0.15) is 9.78 Å². The van der Waals surface area contributed by atoms with Crippen LogP contribution in [0.5, 0.6) is 0 Å². The van der Waals surface area contributed by atoms with Gasteiger partial charge in [-0.15, -0.1) is 11.3 Å². The number of thiophene rings is 1. The molecular weight excluding hydrogens is 515 g/mol. The van der Waals surface area contributed by atoms with E-state index in [1.54, 1.807) is 35.5 Å². The number of amides is 1. The molecule has 1 saturated heterocycles. The highest BCUT2D eigenvalue weighted by Gasteiger charge is 2.27. The van der Waals surface area contributed by atoms with Crippen molar-refractivity contribution < 1.29 is 9.53 Å². The van der Waals surface area contributed by atoms with Crippen LogP contribution in [-0.4, -0.2) is 79.7 Å². The standard InChI is InChI=1S/C20H23IN6O2S/c1-29-14-17-15(19(28)26-10-8-25(7-5-21)9-11-26)13-23-27(17)20-22-6-4-16(24-20)18-3-2-12-30-18/h2-4,6,12-13H,5,7-11,14H2,1H3. The monoisotopic (exact) mass is 538 g/mol. The molecular formula is C20H23IN6O2S. The summed E-state index contributed by atoms with van der Waals surface area (Å²) in [6.07, 6.45) is 3.32. The molecule has 8 nitrogen and oxygen atoms in total. The third kappa shape index (κ3) is 4.56. The Morgan fingerprint density at radius 2 is 2.10 bits per heavy atom. The minimum atomic E-state index is -0.0168. The van der Waals surface area contributed by atoms with Gasteiger partial charge in [-0.25, -0.2) is 9.97 Å². The minimum Gasteiger partial charge on any atom is -0.378 e. The smallest absolute Gasteiger partial charge is 0.257 e. The maximum Gasteiger partial charge on any atom is 0.257 e. The Hall–Kier alpha value is -1.89. The number of hydrogen-bond donors (Lipinski definition) is 0. The molecule has 0 radical (unpaired) electrons. The maximum absolute atomic E-state index is 13.2. The molecule has 158 valence electrons. The van der Waals surface area contributed by atoms with Crippen molar-refractivity contribution in [3.63, 3.8) is 0 Å². The lowest BCUT2D eigenvalue weighted by Gasteiger charge is -2.34. The van der Waals surface area contributed by atoms with E-state index in [2.05, 4.69) is 42.6 Å². The predicted molar refractivity (Wildman–Crippen MR) is 124 cm³/mol. The second kappa shape index (κ2) is 9.94. The first-order valence-electron chi connectivity index (χ1n) is 9.72. The quantitative estimate of drug-likeness (QED) is 0.340. The van der Waals surface area contributed by atoms with Crippen LogP contribution in [0.25, 0.3) is 16.5 Å². The Morgan fingerprint density at radius 1 is 1.27 bits per heavy atom. The van der Waals surface area contributed by atoms with Crippen LogP contribution in [0.1, 0.15) is 16.1 Å². The van der Waals surface area contributed by atoms with Crippen LogP contribution in [0.2, 0.25) is 0 Å². The van der Waals surface area contributed by atoms with Gasteiger partial charge in [0, 0.05) is 50.5 Å². The highest BCUT2D eigenvalue weighted by molar-refractivity contribution is 14.1. The molecule has 0 aromatic carbocycles. The highest BCUT2D eigenvalue weighted by Crippen LogP contribution is 2.23. The Balaban J connectivity index is 1.60. The van der Waals surface area contributed by atoms with Crippen molar-refractivity contribution >= 4 is 39.8 Å². The third-order valence-electron chi connectivity index (χ3n) is 5.05. The number of ether oxygens (including phenoxy) is 1. The lowest BCUT2D eigenvalue weighted by atomic mass is 10.2. The molecule has 0 bridgehead atoms. The van der Waals surface area contributed by atoms with E-state index in [9.17, 15) is 4.79 Å². The first kappa shape index (κ1) is 21.3. The summed E-state index contributed by atoms with van der Waals surface area (Å²) in [6, 6.07) is 5.88. The third-order valence-corrected chi connectivity index (χ3v) is 6.42. The van der Waals surface area contributed by atoms with E-state index in [-0.39, 0.29) is 12.5 Å². The van der Waals surface area contributed by atoms with Gasteiger partial charge in [0.15, 0.2) is 0 Å². The van der Waals surface area contributed by atoms with Crippen molar-refractivity contribution in [3.8, 4) is 16.5 Å². The Kier molecular flexibility index (Phi) is 7.08. The van der Waals surface area contributed by atoms with Gasteiger partial charge in [-0.1, -0.05) is 28.7 Å². The van der Waals surface area contributed by atoms with Crippen molar-refractivity contribution in [2.75, 3.05) is 44.3 Å². The summed E-state index contributed by atoms with van der Waals surface area (Å²) in [6.45, 7) is 4.55. The van der Waals surface area contributed by atoms with E-state index in [1.807, 2.05) is 28.5 Å². The van der Waals surface area contributed by atoms with Crippen molar-refractivity contribution in [3.05, 3.63) is 47.2 Å². The van der Waals surface area contributed by atoms with Crippen LogP contribution in [0, 0.1) is 0 Å². The normalized spacial score (nSPS) is 14.9. The first-order valence-corrected chi connectivity index (χ1v) is 12.1. The van der Waals surface area contributed by atoms with Gasteiger partial charge in [0.1, 0.15) is 0 Å². The second-order valence-corrected chi connectivity index (χ2v) is 8.92. The van der Waals surface area contributed by atoms with E-state index in [1.165, 1.54) is 0 Å². The van der Waals surface area contributed by atoms with Crippen LogP contribution >= 0.6 is 33.9 Å². The molecule has 0 spiro atoms. The number of alkyl halides is 1. The molecule has 30 heavy (non-hydrogen) atoms. The fourth-order valence-corrected chi connectivity index (χ4v) is 4.85. The molecule has 1 fully saturated rings. The predicted octanol–water partition coefficient (Wildman–Crippen LogP) is 2.73. The number of carbonyl (C=O) groups is 1. The first-order chi connectivity index (χ1) is 14.7. The molecule has 1 aliphatic heterocycles. The zero-order chi connectivity index (χ0) is 20.9. The summed E-state index contributed by atoms with van der Waals surface area (Å²) in [5.41, 5.74) is 2.04. The summed E-state index contributed by atoms with van der Waals surface area (Å²) in [4.78, 5) is 27.6. The molecule has 3 aromatic heterocycles. The molecule has 0 aliphatic carbocycles. The largest absolute Gasteiger partial charge is 0.378 e. The molecule has 0 N–H and O–H groups in total. The zero-order valence-corrected chi connectivity index (χ0v) is 19.7. The number of hydrogen-bond acceptors (Lipinski definition) is 7. The van der Waals surface area contributed by atoms with E-state index >= 15 is 0 Å². The molecule has 3 aromatic rings. The van der Waals surface area contributed by atoms with Gasteiger partial charge < -0.3 is 9.64 Å². The topological polar surface area (TPSA) is 76.4 Å². The van der Waals surface area contributed by atoms with Crippen LogP contribution in [0.4, 0.5) is 0 Å². The summed E-state index contributed by atoms with van der Waals surface area (Å²) in [7, 11) is 1.61. The molecule has 10 heteroatoms. The van der Waals surface area contributed by atoms with Crippen molar-refractivity contribution in [2.24, 2.45) is 0 Å². The fraction of sp³-hybridized carbons (Fsp3) is 0.400. The Bertz CT molecular complexity index is 985. The molecule has 0 saturated carbocycles. The van der Waals surface area contributed by atoms with Crippen LogP contribution < -0.4 is 0 Å². The molecule has 4 heterocycles. The average Bonchev–Trinajstić information content (AvgIpc) is 3.45. The van der Waals surface area contributed by atoms with Gasteiger partial charge >= 0.3 is 0 Å².